The maximum absolute atomic E-state index is 9.23. The monoisotopic (exact) mass is 251 g/mol. The molecule has 2 aromatic rings. The Bertz CT molecular complexity index is 522. The Morgan fingerprint density at radius 3 is 2.88 bits per heavy atom. The molecule has 1 unspecified atom stereocenters. The van der Waals surface area contributed by atoms with Crippen molar-refractivity contribution in [2.75, 3.05) is 11.9 Å². The molecule has 1 atom stereocenters. The van der Waals surface area contributed by atoms with E-state index in [0.717, 1.165) is 22.6 Å². The molecule has 92 valence electrons. The zero-order valence-corrected chi connectivity index (χ0v) is 11.1. The Morgan fingerprint density at radius 2 is 2.18 bits per heavy atom. The summed E-state index contributed by atoms with van der Waals surface area (Å²) in [6.45, 7) is 6.70. The molecule has 5 heteroatoms. The van der Waals surface area contributed by atoms with E-state index in [1.165, 1.54) is 10.4 Å². The van der Waals surface area contributed by atoms with Gasteiger partial charge >= 0.3 is 0 Å². The van der Waals surface area contributed by atoms with Crippen LogP contribution >= 0.6 is 11.3 Å². The molecule has 0 aliphatic carbocycles. The Balaban J connectivity index is 2.27. The second-order valence-electron chi connectivity index (χ2n) is 4.25. The first-order valence-electron chi connectivity index (χ1n) is 5.72. The van der Waals surface area contributed by atoms with Crippen LogP contribution in [0.3, 0.4) is 0 Å². The van der Waals surface area contributed by atoms with E-state index < -0.39 is 0 Å². The maximum atomic E-state index is 9.23. The average Bonchev–Trinajstić information content (AvgIpc) is 2.55. The van der Waals surface area contributed by atoms with Gasteiger partial charge in [-0.1, -0.05) is 0 Å². The van der Waals surface area contributed by atoms with Gasteiger partial charge in [-0.25, -0.2) is 9.97 Å². The number of anilines is 1. The number of aryl methyl sites for hydroxylation is 2. The van der Waals surface area contributed by atoms with Crippen molar-refractivity contribution >= 4 is 27.4 Å². The number of aliphatic hydroxyl groups excluding tert-OH is 1. The summed E-state index contributed by atoms with van der Waals surface area (Å²) in [6.07, 6.45) is 2.01. The van der Waals surface area contributed by atoms with Crippen molar-refractivity contribution in [2.24, 2.45) is 0 Å². The third kappa shape index (κ3) is 2.56. The molecule has 0 aliphatic heterocycles. The topological polar surface area (TPSA) is 58.0 Å². The van der Waals surface area contributed by atoms with Gasteiger partial charge in [0.1, 0.15) is 17.0 Å². The van der Waals surface area contributed by atoms with Crippen LogP contribution in [0, 0.1) is 13.8 Å². The average molecular weight is 251 g/mol. The van der Waals surface area contributed by atoms with Crippen LogP contribution in [0.1, 0.15) is 23.8 Å². The number of rotatable bonds is 4. The van der Waals surface area contributed by atoms with Crippen molar-refractivity contribution in [2.45, 2.75) is 33.3 Å². The highest BCUT2D eigenvalue weighted by Crippen LogP contribution is 2.32. The highest BCUT2D eigenvalue weighted by Gasteiger charge is 2.11. The molecule has 17 heavy (non-hydrogen) atoms. The number of hydrogen-bond acceptors (Lipinski definition) is 5. The van der Waals surface area contributed by atoms with Gasteiger partial charge in [-0.3, -0.25) is 0 Å². The summed E-state index contributed by atoms with van der Waals surface area (Å²) >= 11 is 1.69. The van der Waals surface area contributed by atoms with Crippen molar-refractivity contribution in [1.29, 1.82) is 0 Å². The molecule has 0 amide bonds. The molecule has 2 N–H and O–H groups in total. The summed E-state index contributed by atoms with van der Waals surface area (Å²) in [5.74, 6) is 0.873. The molecule has 0 spiro atoms. The van der Waals surface area contributed by atoms with Crippen LogP contribution in [0.15, 0.2) is 6.33 Å². The third-order valence-electron chi connectivity index (χ3n) is 2.82. The number of hydrogen-bond donors (Lipinski definition) is 2. The fraction of sp³-hybridized carbons (Fsp3) is 0.500. The molecule has 2 heterocycles. The van der Waals surface area contributed by atoms with E-state index in [-0.39, 0.29) is 6.10 Å². The summed E-state index contributed by atoms with van der Waals surface area (Å²) in [7, 11) is 0. The van der Waals surface area contributed by atoms with Crippen molar-refractivity contribution in [1.82, 2.24) is 9.97 Å². The first-order valence-corrected chi connectivity index (χ1v) is 6.54. The third-order valence-corrected chi connectivity index (χ3v) is 3.94. The number of aromatic nitrogens is 2. The maximum Gasteiger partial charge on any atom is 0.138 e. The van der Waals surface area contributed by atoms with Crippen molar-refractivity contribution in [3.8, 4) is 0 Å². The van der Waals surface area contributed by atoms with Crippen molar-refractivity contribution in [3.63, 3.8) is 0 Å². The molecule has 0 bridgehead atoms. The molecule has 0 radical (unpaired) electrons. The smallest absolute Gasteiger partial charge is 0.138 e. The zero-order chi connectivity index (χ0) is 12.4. The minimum atomic E-state index is -0.287. The first-order chi connectivity index (χ1) is 8.09. The van der Waals surface area contributed by atoms with Crippen LogP contribution in [0.25, 0.3) is 10.2 Å². The van der Waals surface area contributed by atoms with Crippen LogP contribution in [0.4, 0.5) is 5.82 Å². The number of nitrogens with one attached hydrogen (secondary N) is 1. The molecule has 0 aliphatic rings. The van der Waals surface area contributed by atoms with Gasteiger partial charge in [0, 0.05) is 11.4 Å². The predicted octanol–water partition coefficient (Wildman–Crippen LogP) is 2.49. The van der Waals surface area contributed by atoms with E-state index in [1.54, 1.807) is 24.6 Å². The highest BCUT2D eigenvalue weighted by atomic mass is 32.1. The largest absolute Gasteiger partial charge is 0.393 e. The molecular formula is C12H17N3OS. The van der Waals surface area contributed by atoms with Gasteiger partial charge in [-0.05, 0) is 32.8 Å². The van der Waals surface area contributed by atoms with Gasteiger partial charge in [0.05, 0.1) is 11.5 Å². The van der Waals surface area contributed by atoms with Crippen LogP contribution in [0.2, 0.25) is 0 Å². The van der Waals surface area contributed by atoms with Crippen LogP contribution in [-0.4, -0.2) is 27.7 Å². The normalized spacial score (nSPS) is 12.9. The summed E-state index contributed by atoms with van der Waals surface area (Å²) in [5, 5.41) is 13.6. The summed E-state index contributed by atoms with van der Waals surface area (Å²) in [4.78, 5) is 10.9. The quantitative estimate of drug-likeness (QED) is 0.876. The molecule has 0 saturated heterocycles. The van der Waals surface area contributed by atoms with Gasteiger partial charge < -0.3 is 10.4 Å². The van der Waals surface area contributed by atoms with E-state index in [1.807, 2.05) is 0 Å². The molecular weight excluding hydrogens is 234 g/mol. The van der Waals surface area contributed by atoms with Gasteiger partial charge in [-0.15, -0.1) is 11.3 Å². The molecule has 0 fully saturated rings. The Labute approximate surface area is 105 Å². The Morgan fingerprint density at radius 1 is 1.41 bits per heavy atom. The minimum absolute atomic E-state index is 0.287. The lowest BCUT2D eigenvalue weighted by molar-refractivity contribution is 0.188. The second kappa shape index (κ2) is 4.98. The number of nitrogens with zero attached hydrogens (tertiary/aromatic N) is 2. The van der Waals surface area contributed by atoms with Gasteiger partial charge in [0.2, 0.25) is 0 Å². The molecule has 4 nitrogen and oxygen atoms in total. The van der Waals surface area contributed by atoms with E-state index in [0.29, 0.717) is 6.42 Å². The minimum Gasteiger partial charge on any atom is -0.393 e. The van der Waals surface area contributed by atoms with E-state index >= 15 is 0 Å². The van der Waals surface area contributed by atoms with Gasteiger partial charge in [0.15, 0.2) is 0 Å². The fourth-order valence-corrected chi connectivity index (χ4v) is 2.71. The summed E-state index contributed by atoms with van der Waals surface area (Å²) < 4.78 is 0. The predicted molar refractivity (Wildman–Crippen MR) is 71.7 cm³/mol. The lowest BCUT2D eigenvalue weighted by Gasteiger charge is -2.08. The first kappa shape index (κ1) is 12.3. The van der Waals surface area contributed by atoms with Crippen LogP contribution in [-0.2, 0) is 0 Å². The number of aliphatic hydroxyl groups is 1. The lowest BCUT2D eigenvalue weighted by atomic mass is 10.2. The van der Waals surface area contributed by atoms with Crippen LogP contribution in [0.5, 0.6) is 0 Å². The zero-order valence-electron chi connectivity index (χ0n) is 10.3. The van der Waals surface area contributed by atoms with E-state index in [4.69, 9.17) is 0 Å². The molecule has 0 saturated carbocycles. The Hall–Kier alpha value is -1.20. The van der Waals surface area contributed by atoms with Crippen LogP contribution < -0.4 is 5.32 Å². The van der Waals surface area contributed by atoms with Crippen molar-refractivity contribution < 1.29 is 5.11 Å². The van der Waals surface area contributed by atoms with E-state index in [2.05, 4.69) is 29.1 Å². The number of fused-ring (bicyclic) bond motifs is 1. The summed E-state index contributed by atoms with van der Waals surface area (Å²) in [6, 6.07) is 0. The Kier molecular flexibility index (Phi) is 3.59. The van der Waals surface area contributed by atoms with Gasteiger partial charge in [-0.2, -0.15) is 0 Å². The molecule has 0 aromatic carbocycles. The van der Waals surface area contributed by atoms with Gasteiger partial charge in [0.25, 0.3) is 0 Å². The molecule has 2 rings (SSSR count). The standard InChI is InChI=1S/C12H17N3OS/c1-7(16)4-5-13-11-10-8(2)9(3)17-12(10)15-6-14-11/h6-7,16H,4-5H2,1-3H3,(H,13,14,15). The fourth-order valence-electron chi connectivity index (χ4n) is 1.72. The lowest BCUT2D eigenvalue weighted by Crippen LogP contribution is -2.10. The second-order valence-corrected chi connectivity index (χ2v) is 5.45. The highest BCUT2D eigenvalue weighted by molar-refractivity contribution is 7.18. The summed E-state index contributed by atoms with van der Waals surface area (Å²) in [5.41, 5.74) is 1.24. The van der Waals surface area contributed by atoms with E-state index in [9.17, 15) is 5.11 Å². The van der Waals surface area contributed by atoms with Crippen molar-refractivity contribution in [3.05, 3.63) is 16.8 Å². The molecule has 2 aromatic heterocycles. The number of thiophene rings is 1. The SMILES string of the molecule is Cc1sc2ncnc(NCCC(C)O)c2c1C.